The molecule has 4 heteroatoms. The first-order valence-corrected chi connectivity index (χ1v) is 5.40. The van der Waals surface area contributed by atoms with Crippen molar-refractivity contribution in [2.24, 2.45) is 0 Å². The lowest BCUT2D eigenvalue weighted by molar-refractivity contribution is 0.517. The number of hydrogen-bond acceptors (Lipinski definition) is 3. The molecule has 0 aliphatic heterocycles. The van der Waals surface area contributed by atoms with Crippen LogP contribution in [0.2, 0.25) is 0 Å². The Balaban J connectivity index is 2.29. The Labute approximate surface area is 102 Å². The first-order chi connectivity index (χ1) is 8.74. The molecule has 0 unspecified atom stereocenters. The van der Waals surface area contributed by atoms with E-state index in [9.17, 15) is 9.18 Å². The van der Waals surface area contributed by atoms with Crippen LogP contribution in [-0.2, 0) is 0 Å². The molecule has 0 amide bonds. The molecule has 0 fully saturated rings. The summed E-state index contributed by atoms with van der Waals surface area (Å²) < 4.78 is 18.1. The molecule has 88 valence electrons. The van der Waals surface area contributed by atoms with Gasteiger partial charge >= 0.3 is 5.63 Å². The molecule has 3 nitrogen and oxygen atoms in total. The highest BCUT2D eigenvalue weighted by Gasteiger charge is 2.08. The van der Waals surface area contributed by atoms with Gasteiger partial charge in [0, 0.05) is 5.56 Å². The first-order valence-electron chi connectivity index (χ1n) is 5.40. The SMILES string of the molecule is O=c1oc(-c2ccccc2)nc2ccc(F)cc12. The Morgan fingerprint density at radius 2 is 1.83 bits per heavy atom. The van der Waals surface area contributed by atoms with Crippen molar-refractivity contribution in [3.8, 4) is 11.5 Å². The van der Waals surface area contributed by atoms with Crippen molar-refractivity contribution in [3.63, 3.8) is 0 Å². The zero-order valence-corrected chi connectivity index (χ0v) is 9.26. The molecule has 0 radical (unpaired) electrons. The minimum atomic E-state index is -0.585. The fraction of sp³-hybridized carbons (Fsp3) is 0. The van der Waals surface area contributed by atoms with Gasteiger partial charge in [0.2, 0.25) is 5.89 Å². The van der Waals surface area contributed by atoms with E-state index in [1.165, 1.54) is 12.1 Å². The van der Waals surface area contributed by atoms with Gasteiger partial charge in [0.05, 0.1) is 10.9 Å². The summed E-state index contributed by atoms with van der Waals surface area (Å²) in [5.74, 6) is -0.247. The van der Waals surface area contributed by atoms with Gasteiger partial charge in [0.15, 0.2) is 0 Å². The topological polar surface area (TPSA) is 43.1 Å². The van der Waals surface area contributed by atoms with Gasteiger partial charge in [-0.05, 0) is 30.3 Å². The van der Waals surface area contributed by atoms with Crippen LogP contribution >= 0.6 is 0 Å². The molecule has 0 aliphatic carbocycles. The van der Waals surface area contributed by atoms with Crippen LogP contribution in [0.3, 0.4) is 0 Å². The smallest absolute Gasteiger partial charge is 0.347 e. The number of nitrogens with zero attached hydrogens (tertiary/aromatic N) is 1. The largest absolute Gasteiger partial charge is 0.403 e. The Morgan fingerprint density at radius 1 is 1.06 bits per heavy atom. The fourth-order valence-electron chi connectivity index (χ4n) is 1.75. The molecular formula is C14H8FNO2. The summed E-state index contributed by atoms with van der Waals surface area (Å²) in [6.45, 7) is 0. The highest BCUT2D eigenvalue weighted by Crippen LogP contribution is 2.18. The lowest BCUT2D eigenvalue weighted by Gasteiger charge is -2.01. The van der Waals surface area contributed by atoms with Gasteiger partial charge in [0.1, 0.15) is 5.82 Å². The van der Waals surface area contributed by atoms with Crippen LogP contribution in [0.5, 0.6) is 0 Å². The minimum absolute atomic E-state index is 0.148. The zero-order chi connectivity index (χ0) is 12.5. The molecule has 18 heavy (non-hydrogen) atoms. The van der Waals surface area contributed by atoms with E-state index < -0.39 is 11.4 Å². The maximum Gasteiger partial charge on any atom is 0.347 e. The molecule has 0 aliphatic rings. The summed E-state index contributed by atoms with van der Waals surface area (Å²) in [6.07, 6.45) is 0. The maximum atomic E-state index is 13.0. The van der Waals surface area contributed by atoms with Gasteiger partial charge in [0.25, 0.3) is 0 Å². The number of benzene rings is 2. The molecule has 0 saturated heterocycles. The molecule has 1 aromatic heterocycles. The molecular weight excluding hydrogens is 233 g/mol. The highest BCUT2D eigenvalue weighted by molar-refractivity contribution is 5.78. The maximum absolute atomic E-state index is 13.0. The number of hydrogen-bond donors (Lipinski definition) is 0. The van der Waals surface area contributed by atoms with Gasteiger partial charge in [-0.2, -0.15) is 0 Å². The van der Waals surface area contributed by atoms with E-state index in [0.717, 1.165) is 6.07 Å². The van der Waals surface area contributed by atoms with Crippen LogP contribution in [0.25, 0.3) is 22.4 Å². The van der Waals surface area contributed by atoms with Crippen molar-refractivity contribution in [2.75, 3.05) is 0 Å². The van der Waals surface area contributed by atoms with Crippen LogP contribution in [0.15, 0.2) is 57.7 Å². The number of fused-ring (bicyclic) bond motifs is 1. The summed E-state index contributed by atoms with van der Waals surface area (Å²) >= 11 is 0. The van der Waals surface area contributed by atoms with E-state index >= 15 is 0 Å². The van der Waals surface area contributed by atoms with Gasteiger partial charge < -0.3 is 4.42 Å². The van der Waals surface area contributed by atoms with Crippen LogP contribution in [0.4, 0.5) is 4.39 Å². The summed E-state index contributed by atoms with van der Waals surface area (Å²) in [5.41, 5.74) is 0.547. The average Bonchev–Trinajstić information content (AvgIpc) is 2.40. The molecule has 1 heterocycles. The van der Waals surface area contributed by atoms with Gasteiger partial charge in [-0.25, -0.2) is 14.2 Å². The third-order valence-electron chi connectivity index (χ3n) is 2.61. The third kappa shape index (κ3) is 1.78. The van der Waals surface area contributed by atoms with E-state index in [-0.39, 0.29) is 11.3 Å². The molecule has 3 rings (SSSR count). The molecule has 0 saturated carbocycles. The molecule has 2 aromatic carbocycles. The predicted molar refractivity (Wildman–Crippen MR) is 65.7 cm³/mol. The van der Waals surface area contributed by atoms with E-state index in [4.69, 9.17) is 4.42 Å². The summed E-state index contributed by atoms with van der Waals surface area (Å²) in [4.78, 5) is 16.0. The molecule has 0 atom stereocenters. The Morgan fingerprint density at radius 3 is 2.61 bits per heavy atom. The van der Waals surface area contributed by atoms with Crippen molar-refractivity contribution in [1.29, 1.82) is 0 Å². The summed E-state index contributed by atoms with van der Waals surface area (Å²) in [6, 6.07) is 13.0. The molecule has 0 N–H and O–H groups in total. The monoisotopic (exact) mass is 241 g/mol. The lowest BCUT2D eigenvalue weighted by atomic mass is 10.2. The first kappa shape index (κ1) is 10.7. The van der Waals surface area contributed by atoms with Gasteiger partial charge in [-0.3, -0.25) is 0 Å². The number of aromatic nitrogens is 1. The minimum Gasteiger partial charge on any atom is -0.403 e. The zero-order valence-electron chi connectivity index (χ0n) is 9.26. The van der Waals surface area contributed by atoms with Crippen molar-refractivity contribution >= 4 is 10.9 Å². The summed E-state index contributed by atoms with van der Waals surface area (Å²) in [5, 5.41) is 0.148. The predicted octanol–water partition coefficient (Wildman–Crippen LogP) is 2.99. The highest BCUT2D eigenvalue weighted by atomic mass is 19.1. The van der Waals surface area contributed by atoms with Crippen LogP contribution in [0, 0.1) is 5.82 Å². The summed E-state index contributed by atoms with van der Waals surface area (Å²) in [7, 11) is 0. The fourth-order valence-corrected chi connectivity index (χ4v) is 1.75. The van der Waals surface area contributed by atoms with Gasteiger partial charge in [-0.15, -0.1) is 0 Å². The van der Waals surface area contributed by atoms with E-state index in [1.54, 1.807) is 12.1 Å². The van der Waals surface area contributed by atoms with Crippen LogP contribution < -0.4 is 5.63 Å². The third-order valence-corrected chi connectivity index (χ3v) is 2.61. The second-order valence-electron chi connectivity index (χ2n) is 3.83. The molecule has 0 bridgehead atoms. The van der Waals surface area contributed by atoms with Crippen molar-refractivity contribution in [3.05, 3.63) is 64.8 Å². The quantitative estimate of drug-likeness (QED) is 0.657. The van der Waals surface area contributed by atoms with E-state index in [0.29, 0.717) is 11.1 Å². The van der Waals surface area contributed by atoms with E-state index in [2.05, 4.69) is 4.98 Å². The van der Waals surface area contributed by atoms with Crippen molar-refractivity contribution < 1.29 is 8.81 Å². The normalized spacial score (nSPS) is 10.7. The number of halogens is 1. The molecule has 0 spiro atoms. The van der Waals surface area contributed by atoms with Crippen LogP contribution in [-0.4, -0.2) is 4.98 Å². The average molecular weight is 241 g/mol. The molecule has 3 aromatic rings. The van der Waals surface area contributed by atoms with Crippen molar-refractivity contribution in [2.45, 2.75) is 0 Å². The number of rotatable bonds is 1. The van der Waals surface area contributed by atoms with E-state index in [1.807, 2.05) is 18.2 Å². The second kappa shape index (κ2) is 4.07. The Kier molecular flexibility index (Phi) is 2.41. The lowest BCUT2D eigenvalue weighted by Crippen LogP contribution is -2.03. The Bertz CT molecular complexity index is 766. The standard InChI is InChI=1S/C14H8FNO2/c15-10-6-7-12-11(8-10)14(17)18-13(16-12)9-4-2-1-3-5-9/h1-8H. The second-order valence-corrected chi connectivity index (χ2v) is 3.83. The van der Waals surface area contributed by atoms with Crippen molar-refractivity contribution in [1.82, 2.24) is 4.98 Å². The van der Waals surface area contributed by atoms with Gasteiger partial charge in [-0.1, -0.05) is 18.2 Å². The van der Waals surface area contributed by atoms with Crippen LogP contribution in [0.1, 0.15) is 0 Å². The Hall–Kier alpha value is -2.49.